The summed E-state index contributed by atoms with van der Waals surface area (Å²) in [6, 6.07) is 11.9. The van der Waals surface area contributed by atoms with Crippen LogP contribution in [0.4, 0.5) is 11.4 Å². The highest BCUT2D eigenvalue weighted by Gasteiger charge is 2.13. The molecule has 1 amide bonds. The Hall–Kier alpha value is -2.69. The second kappa shape index (κ2) is 8.13. The van der Waals surface area contributed by atoms with E-state index in [9.17, 15) is 18.3 Å². The fourth-order valence-electron chi connectivity index (χ4n) is 2.58. The summed E-state index contributed by atoms with van der Waals surface area (Å²) in [6.45, 7) is -0.147. The third-order valence-electron chi connectivity index (χ3n) is 3.71. The summed E-state index contributed by atoms with van der Waals surface area (Å²) >= 11 is 3.29. The van der Waals surface area contributed by atoms with Crippen molar-refractivity contribution in [3.05, 3.63) is 70.5 Å². The number of halogens is 1. The molecule has 0 fully saturated rings. The summed E-state index contributed by atoms with van der Waals surface area (Å²) in [7, 11) is -3.44. The van der Waals surface area contributed by atoms with Gasteiger partial charge in [-0.15, -0.1) is 0 Å². The fourth-order valence-corrected chi connectivity index (χ4v) is 3.62. The number of carbonyl (C=O) groups is 1. The summed E-state index contributed by atoms with van der Waals surface area (Å²) in [6.07, 6.45) is 4.01. The number of benzene rings is 2. The first-order valence-corrected chi connectivity index (χ1v) is 10.8. The van der Waals surface area contributed by atoms with Crippen LogP contribution in [0.2, 0.25) is 0 Å². The highest BCUT2D eigenvalue weighted by atomic mass is 79.9. The third kappa shape index (κ3) is 4.97. The first kappa shape index (κ1) is 20.1. The predicted molar refractivity (Wildman–Crippen MR) is 110 cm³/mol. The smallest absolute Gasteiger partial charge is 0.258 e. The maximum Gasteiger partial charge on any atom is 0.258 e. The molecule has 0 spiro atoms. The second-order valence-electron chi connectivity index (χ2n) is 6.02. The average molecular weight is 465 g/mol. The van der Waals surface area contributed by atoms with Crippen molar-refractivity contribution in [1.82, 2.24) is 9.78 Å². The number of nitrogens with zero attached hydrogens (tertiary/aromatic N) is 2. The van der Waals surface area contributed by atoms with E-state index in [1.165, 1.54) is 16.9 Å². The van der Waals surface area contributed by atoms with Crippen molar-refractivity contribution in [2.75, 3.05) is 16.3 Å². The van der Waals surface area contributed by atoms with Crippen molar-refractivity contribution in [1.29, 1.82) is 0 Å². The van der Waals surface area contributed by atoms with Gasteiger partial charge in [0.25, 0.3) is 5.91 Å². The number of aromatic nitrogens is 2. The Balaban J connectivity index is 1.82. The van der Waals surface area contributed by atoms with Gasteiger partial charge in [0.15, 0.2) is 0 Å². The van der Waals surface area contributed by atoms with Crippen LogP contribution in [0, 0.1) is 0 Å². The SMILES string of the molecule is CS(=O)(=O)Nc1cc(Br)cc(NC(=O)c2cnn(-c3ccccc3CO)c2)c1. The number of hydrogen-bond donors (Lipinski definition) is 3. The molecule has 0 aliphatic carbocycles. The van der Waals surface area contributed by atoms with Crippen LogP contribution in [0.15, 0.2) is 59.3 Å². The van der Waals surface area contributed by atoms with E-state index in [2.05, 4.69) is 31.1 Å². The second-order valence-corrected chi connectivity index (χ2v) is 8.68. The van der Waals surface area contributed by atoms with Gasteiger partial charge in [0.05, 0.1) is 36.0 Å². The van der Waals surface area contributed by atoms with E-state index in [0.717, 1.165) is 6.26 Å². The molecule has 1 heterocycles. The topological polar surface area (TPSA) is 113 Å². The molecule has 0 radical (unpaired) electrons. The van der Waals surface area contributed by atoms with Crippen molar-refractivity contribution in [3.63, 3.8) is 0 Å². The summed E-state index contributed by atoms with van der Waals surface area (Å²) in [5.41, 5.74) is 2.39. The molecule has 0 aliphatic rings. The number of carbonyl (C=O) groups excluding carboxylic acids is 1. The zero-order chi connectivity index (χ0) is 20.3. The highest BCUT2D eigenvalue weighted by molar-refractivity contribution is 9.10. The Morgan fingerprint density at radius 3 is 2.64 bits per heavy atom. The molecule has 1 aromatic heterocycles. The van der Waals surface area contributed by atoms with Gasteiger partial charge in [0.1, 0.15) is 0 Å². The molecule has 0 bridgehead atoms. The van der Waals surface area contributed by atoms with Gasteiger partial charge in [-0.3, -0.25) is 9.52 Å². The Labute approximate surface area is 170 Å². The number of nitrogens with one attached hydrogen (secondary N) is 2. The molecule has 3 aromatic rings. The number of para-hydroxylation sites is 1. The Bertz CT molecular complexity index is 1130. The quantitative estimate of drug-likeness (QED) is 0.518. The summed E-state index contributed by atoms with van der Waals surface area (Å²) in [4.78, 5) is 12.6. The summed E-state index contributed by atoms with van der Waals surface area (Å²) in [5.74, 6) is -0.406. The van der Waals surface area contributed by atoms with Gasteiger partial charge in [-0.1, -0.05) is 34.1 Å². The average Bonchev–Trinajstić information content (AvgIpc) is 3.09. The van der Waals surface area contributed by atoms with Gasteiger partial charge < -0.3 is 10.4 Å². The van der Waals surface area contributed by atoms with Crippen LogP contribution >= 0.6 is 15.9 Å². The van der Waals surface area contributed by atoms with Crippen LogP contribution < -0.4 is 10.0 Å². The molecule has 146 valence electrons. The van der Waals surface area contributed by atoms with Gasteiger partial charge in [-0.05, 0) is 24.3 Å². The third-order valence-corrected chi connectivity index (χ3v) is 4.78. The number of rotatable bonds is 6. The Kier molecular flexibility index (Phi) is 5.82. The standard InChI is InChI=1S/C18H17BrN4O4S/c1-28(26,27)22-16-7-14(19)6-15(8-16)21-18(25)13-9-20-23(10-13)17-5-3-2-4-12(17)11-24/h2-10,22,24H,11H2,1H3,(H,21,25). The monoisotopic (exact) mass is 464 g/mol. The van der Waals surface area contributed by atoms with Crippen LogP contribution in [0.1, 0.15) is 15.9 Å². The molecule has 2 aromatic carbocycles. The number of anilines is 2. The van der Waals surface area contributed by atoms with E-state index in [0.29, 0.717) is 32.7 Å². The molecule has 10 heteroatoms. The van der Waals surface area contributed by atoms with Gasteiger partial charge >= 0.3 is 0 Å². The first-order valence-electron chi connectivity index (χ1n) is 8.09. The molecule has 0 aliphatic heterocycles. The van der Waals surface area contributed by atoms with Crippen LogP contribution in [-0.2, 0) is 16.6 Å². The number of aliphatic hydroxyl groups excluding tert-OH is 1. The molecule has 0 saturated carbocycles. The number of sulfonamides is 1. The van der Waals surface area contributed by atoms with E-state index >= 15 is 0 Å². The number of aliphatic hydroxyl groups is 1. The minimum Gasteiger partial charge on any atom is -0.392 e. The normalized spacial score (nSPS) is 11.2. The molecule has 28 heavy (non-hydrogen) atoms. The highest BCUT2D eigenvalue weighted by Crippen LogP contribution is 2.24. The molecular weight excluding hydrogens is 448 g/mol. The van der Waals surface area contributed by atoms with Crippen molar-refractivity contribution >= 4 is 43.2 Å². The van der Waals surface area contributed by atoms with E-state index in [4.69, 9.17) is 0 Å². The van der Waals surface area contributed by atoms with Crippen molar-refractivity contribution < 1.29 is 18.3 Å². The first-order chi connectivity index (χ1) is 13.2. The van der Waals surface area contributed by atoms with E-state index in [1.807, 2.05) is 12.1 Å². The fraction of sp³-hybridized carbons (Fsp3) is 0.111. The molecule has 0 saturated heterocycles. The molecular formula is C18H17BrN4O4S. The molecule has 3 N–H and O–H groups in total. The maximum atomic E-state index is 12.6. The lowest BCUT2D eigenvalue weighted by Gasteiger charge is -2.09. The van der Waals surface area contributed by atoms with Gasteiger partial charge in [0.2, 0.25) is 10.0 Å². The maximum absolute atomic E-state index is 12.6. The van der Waals surface area contributed by atoms with Crippen LogP contribution in [0.3, 0.4) is 0 Å². The van der Waals surface area contributed by atoms with E-state index in [1.54, 1.807) is 30.5 Å². The van der Waals surface area contributed by atoms with Crippen molar-refractivity contribution in [2.45, 2.75) is 6.61 Å². The predicted octanol–water partition coefficient (Wildman–Crippen LogP) is 2.75. The molecule has 0 unspecified atom stereocenters. The molecule has 3 rings (SSSR count). The van der Waals surface area contributed by atoms with E-state index < -0.39 is 15.9 Å². The van der Waals surface area contributed by atoms with Gasteiger partial charge in [-0.25, -0.2) is 13.1 Å². The minimum absolute atomic E-state index is 0.147. The number of amides is 1. The summed E-state index contributed by atoms with van der Waals surface area (Å²) in [5, 5.41) is 16.3. The van der Waals surface area contributed by atoms with Crippen molar-refractivity contribution in [2.24, 2.45) is 0 Å². The van der Waals surface area contributed by atoms with Crippen LogP contribution in [0.25, 0.3) is 5.69 Å². The minimum atomic E-state index is -3.44. The Morgan fingerprint density at radius 2 is 1.93 bits per heavy atom. The Morgan fingerprint density at radius 1 is 1.21 bits per heavy atom. The van der Waals surface area contributed by atoms with Crippen LogP contribution in [-0.4, -0.2) is 35.5 Å². The zero-order valence-electron chi connectivity index (χ0n) is 14.8. The molecule has 8 nitrogen and oxygen atoms in total. The number of hydrogen-bond acceptors (Lipinski definition) is 5. The lowest BCUT2D eigenvalue weighted by atomic mass is 10.2. The van der Waals surface area contributed by atoms with Gasteiger partial charge in [0, 0.05) is 21.9 Å². The largest absolute Gasteiger partial charge is 0.392 e. The van der Waals surface area contributed by atoms with E-state index in [-0.39, 0.29) is 6.61 Å². The van der Waals surface area contributed by atoms with Crippen LogP contribution in [0.5, 0.6) is 0 Å². The molecule has 0 atom stereocenters. The van der Waals surface area contributed by atoms with Crippen molar-refractivity contribution in [3.8, 4) is 5.69 Å². The lowest BCUT2D eigenvalue weighted by molar-refractivity contribution is 0.102. The lowest BCUT2D eigenvalue weighted by Crippen LogP contribution is -2.13. The van der Waals surface area contributed by atoms with Gasteiger partial charge in [-0.2, -0.15) is 5.10 Å². The summed E-state index contributed by atoms with van der Waals surface area (Å²) < 4.78 is 27.3. The zero-order valence-corrected chi connectivity index (χ0v) is 17.2.